The molecule has 6 heteroatoms. The van der Waals surface area contributed by atoms with Crippen LogP contribution < -0.4 is 16.6 Å². The molecule has 0 unspecified atom stereocenters. The van der Waals surface area contributed by atoms with Crippen LogP contribution in [0, 0.1) is 0 Å². The molecule has 18 heavy (non-hydrogen) atoms. The summed E-state index contributed by atoms with van der Waals surface area (Å²) in [6.45, 7) is 2.15. The molecule has 2 rings (SSSR count). The van der Waals surface area contributed by atoms with Crippen LogP contribution in [0.15, 0.2) is 6.33 Å². The lowest BCUT2D eigenvalue weighted by molar-refractivity contribution is 0.661. The molecule has 1 aromatic rings. The van der Waals surface area contributed by atoms with Crippen LogP contribution in [-0.2, 0) is 6.42 Å². The van der Waals surface area contributed by atoms with Crippen LogP contribution in [0.1, 0.15) is 31.7 Å². The van der Waals surface area contributed by atoms with Crippen LogP contribution >= 0.6 is 11.8 Å². The van der Waals surface area contributed by atoms with Gasteiger partial charge >= 0.3 is 0 Å². The molecule has 100 valence electrons. The van der Waals surface area contributed by atoms with E-state index in [4.69, 9.17) is 5.84 Å². The number of rotatable bonds is 5. The van der Waals surface area contributed by atoms with Gasteiger partial charge < -0.3 is 10.7 Å². The van der Waals surface area contributed by atoms with Crippen LogP contribution in [0.3, 0.4) is 0 Å². The third-order valence-electron chi connectivity index (χ3n) is 3.14. The number of hydrazine groups is 1. The number of nitrogen functional groups attached to an aromatic ring is 1. The van der Waals surface area contributed by atoms with Crippen molar-refractivity contribution >= 4 is 23.4 Å². The average Bonchev–Trinajstić information content (AvgIpc) is 2.42. The maximum Gasteiger partial charge on any atom is 0.148 e. The maximum absolute atomic E-state index is 5.51. The maximum atomic E-state index is 5.51. The molecule has 1 aromatic heterocycles. The Bertz CT molecular complexity index is 379. The molecule has 0 atom stereocenters. The second kappa shape index (κ2) is 6.80. The third kappa shape index (κ3) is 3.26. The summed E-state index contributed by atoms with van der Waals surface area (Å²) in [5, 5.41) is 3.55. The summed E-state index contributed by atoms with van der Waals surface area (Å²) in [6, 6.07) is 0.530. The van der Waals surface area contributed by atoms with E-state index in [0.717, 1.165) is 30.0 Å². The monoisotopic (exact) mass is 267 g/mol. The lowest BCUT2D eigenvalue weighted by Crippen LogP contribution is -2.26. The zero-order valence-electron chi connectivity index (χ0n) is 10.8. The fourth-order valence-electron chi connectivity index (χ4n) is 2.18. The SMILES string of the molecule is CCCc1c(NN)ncnc1NC1CCSCC1. The Labute approximate surface area is 112 Å². The first kappa shape index (κ1) is 13.4. The first-order chi connectivity index (χ1) is 8.85. The summed E-state index contributed by atoms with van der Waals surface area (Å²) in [5.74, 6) is 9.65. The van der Waals surface area contributed by atoms with Crippen LogP contribution in [0.4, 0.5) is 11.6 Å². The lowest BCUT2D eigenvalue weighted by atomic mass is 10.1. The van der Waals surface area contributed by atoms with E-state index >= 15 is 0 Å². The minimum absolute atomic E-state index is 0.530. The van der Waals surface area contributed by atoms with E-state index in [1.165, 1.54) is 24.3 Å². The molecular weight excluding hydrogens is 246 g/mol. The first-order valence-electron chi connectivity index (χ1n) is 6.50. The molecule has 0 aliphatic carbocycles. The molecule has 1 fully saturated rings. The highest BCUT2D eigenvalue weighted by molar-refractivity contribution is 7.99. The van der Waals surface area contributed by atoms with Gasteiger partial charge in [0.1, 0.15) is 18.0 Å². The Morgan fingerprint density at radius 2 is 2.06 bits per heavy atom. The van der Waals surface area contributed by atoms with Crippen molar-refractivity contribution in [2.75, 3.05) is 22.2 Å². The highest BCUT2D eigenvalue weighted by atomic mass is 32.2. The Morgan fingerprint density at radius 3 is 2.72 bits per heavy atom. The van der Waals surface area contributed by atoms with Crippen molar-refractivity contribution in [1.29, 1.82) is 0 Å². The van der Waals surface area contributed by atoms with Gasteiger partial charge in [-0.05, 0) is 30.8 Å². The summed E-state index contributed by atoms with van der Waals surface area (Å²) in [5.41, 5.74) is 3.76. The van der Waals surface area contributed by atoms with Gasteiger partial charge in [0.2, 0.25) is 0 Å². The van der Waals surface area contributed by atoms with Gasteiger partial charge in [-0.25, -0.2) is 15.8 Å². The number of anilines is 2. The Morgan fingerprint density at radius 1 is 1.33 bits per heavy atom. The minimum Gasteiger partial charge on any atom is -0.367 e. The first-order valence-corrected chi connectivity index (χ1v) is 7.65. The fourth-order valence-corrected chi connectivity index (χ4v) is 3.29. The number of thioether (sulfide) groups is 1. The van der Waals surface area contributed by atoms with Gasteiger partial charge in [-0.1, -0.05) is 13.3 Å². The number of hydrogen-bond acceptors (Lipinski definition) is 6. The van der Waals surface area contributed by atoms with Gasteiger partial charge in [-0.15, -0.1) is 0 Å². The van der Waals surface area contributed by atoms with Crippen LogP contribution in [0.25, 0.3) is 0 Å². The average molecular weight is 267 g/mol. The third-order valence-corrected chi connectivity index (χ3v) is 4.19. The van der Waals surface area contributed by atoms with Crippen molar-refractivity contribution in [1.82, 2.24) is 9.97 Å². The normalized spacial score (nSPS) is 16.6. The summed E-state index contributed by atoms with van der Waals surface area (Å²) in [7, 11) is 0. The Balaban J connectivity index is 2.14. The van der Waals surface area contributed by atoms with Gasteiger partial charge in [0.05, 0.1) is 0 Å². The van der Waals surface area contributed by atoms with Crippen molar-refractivity contribution in [2.45, 2.75) is 38.6 Å². The largest absolute Gasteiger partial charge is 0.367 e. The van der Waals surface area contributed by atoms with Gasteiger partial charge in [0.25, 0.3) is 0 Å². The molecule has 1 aliphatic rings. The summed E-state index contributed by atoms with van der Waals surface area (Å²) in [4.78, 5) is 8.55. The molecule has 0 aromatic carbocycles. The number of nitrogens with two attached hydrogens (primary N) is 1. The highest BCUT2D eigenvalue weighted by Crippen LogP contribution is 2.25. The van der Waals surface area contributed by atoms with Gasteiger partial charge in [0.15, 0.2) is 0 Å². The number of nitrogens with zero attached hydrogens (tertiary/aromatic N) is 2. The molecule has 1 saturated heterocycles. The van der Waals surface area contributed by atoms with E-state index in [-0.39, 0.29) is 0 Å². The van der Waals surface area contributed by atoms with Crippen molar-refractivity contribution in [2.24, 2.45) is 5.84 Å². The summed E-state index contributed by atoms with van der Waals surface area (Å²) < 4.78 is 0. The standard InChI is InChI=1S/C12H21N5S/c1-2-3-10-11(14-8-15-12(10)17-13)16-9-4-6-18-7-5-9/h8-9H,2-7,13H2,1H3,(H2,14,15,16,17). The zero-order valence-corrected chi connectivity index (χ0v) is 11.6. The molecule has 0 saturated carbocycles. The van der Waals surface area contributed by atoms with Gasteiger partial charge in [-0.2, -0.15) is 11.8 Å². The Kier molecular flexibility index (Phi) is 5.07. The van der Waals surface area contributed by atoms with E-state index in [1.54, 1.807) is 6.33 Å². The van der Waals surface area contributed by atoms with Crippen molar-refractivity contribution < 1.29 is 0 Å². The predicted molar refractivity (Wildman–Crippen MR) is 77.8 cm³/mol. The zero-order chi connectivity index (χ0) is 12.8. The Hall–Kier alpha value is -1.01. The summed E-state index contributed by atoms with van der Waals surface area (Å²) in [6.07, 6.45) is 5.95. The topological polar surface area (TPSA) is 75.9 Å². The predicted octanol–water partition coefficient (Wildman–Crippen LogP) is 2.02. The fraction of sp³-hybridized carbons (Fsp3) is 0.667. The van der Waals surface area contributed by atoms with E-state index in [0.29, 0.717) is 6.04 Å². The van der Waals surface area contributed by atoms with E-state index in [9.17, 15) is 0 Å². The molecule has 0 radical (unpaired) electrons. The number of aromatic nitrogens is 2. The van der Waals surface area contributed by atoms with E-state index < -0.39 is 0 Å². The van der Waals surface area contributed by atoms with Gasteiger partial charge in [-0.3, -0.25) is 0 Å². The van der Waals surface area contributed by atoms with Crippen LogP contribution in [0.5, 0.6) is 0 Å². The minimum atomic E-state index is 0.530. The van der Waals surface area contributed by atoms with E-state index in [1.807, 2.05) is 11.8 Å². The smallest absolute Gasteiger partial charge is 0.148 e. The number of hydrogen-bond donors (Lipinski definition) is 3. The summed E-state index contributed by atoms with van der Waals surface area (Å²) >= 11 is 2.03. The van der Waals surface area contributed by atoms with Crippen LogP contribution in [-0.4, -0.2) is 27.5 Å². The van der Waals surface area contributed by atoms with E-state index in [2.05, 4.69) is 27.6 Å². The number of nitrogens with one attached hydrogen (secondary N) is 2. The molecule has 0 amide bonds. The van der Waals surface area contributed by atoms with Crippen molar-refractivity contribution in [3.8, 4) is 0 Å². The van der Waals surface area contributed by atoms with Crippen molar-refractivity contribution in [3.63, 3.8) is 0 Å². The van der Waals surface area contributed by atoms with Crippen molar-refractivity contribution in [3.05, 3.63) is 11.9 Å². The molecule has 0 bridgehead atoms. The molecular formula is C12H21N5S. The van der Waals surface area contributed by atoms with Crippen LogP contribution in [0.2, 0.25) is 0 Å². The highest BCUT2D eigenvalue weighted by Gasteiger charge is 2.17. The second-order valence-electron chi connectivity index (χ2n) is 4.47. The molecule has 4 N–H and O–H groups in total. The molecule has 1 aliphatic heterocycles. The van der Waals surface area contributed by atoms with Gasteiger partial charge in [0, 0.05) is 11.6 Å². The lowest BCUT2D eigenvalue weighted by Gasteiger charge is -2.24. The quantitative estimate of drug-likeness (QED) is 0.560. The molecule has 2 heterocycles. The molecule has 5 nitrogen and oxygen atoms in total. The molecule has 0 spiro atoms. The second-order valence-corrected chi connectivity index (χ2v) is 5.70.